The SMILES string of the molecule is Cc1ccc(S(=O)(=O)N(CC(=O)N(Cc2cccc(C)c2)C(Cc2ccccc2)C(=O)NC2CCCC2)c2ccc(Cl)c(C(F)(F)F)c2)cc1. The van der Waals surface area contributed by atoms with Crippen molar-refractivity contribution in [1.82, 2.24) is 10.2 Å². The van der Waals surface area contributed by atoms with Gasteiger partial charge in [-0.05, 0) is 68.1 Å². The third kappa shape index (κ3) is 9.05. The molecular formula is C38H39ClF3N3O4S. The van der Waals surface area contributed by atoms with Crippen LogP contribution in [0.3, 0.4) is 0 Å². The smallest absolute Gasteiger partial charge is 0.352 e. The Morgan fingerprint density at radius 3 is 2.16 bits per heavy atom. The molecular weight excluding hydrogens is 687 g/mol. The van der Waals surface area contributed by atoms with E-state index >= 15 is 0 Å². The summed E-state index contributed by atoms with van der Waals surface area (Å²) in [4.78, 5) is 29.9. The predicted octanol–water partition coefficient (Wildman–Crippen LogP) is 7.87. The van der Waals surface area contributed by atoms with Crippen molar-refractivity contribution in [2.24, 2.45) is 0 Å². The summed E-state index contributed by atoms with van der Waals surface area (Å²) < 4.78 is 71.2. The summed E-state index contributed by atoms with van der Waals surface area (Å²) in [6.45, 7) is 2.71. The number of hydrogen-bond donors (Lipinski definition) is 1. The molecule has 7 nitrogen and oxygen atoms in total. The van der Waals surface area contributed by atoms with Crippen LogP contribution >= 0.6 is 11.6 Å². The third-order valence-corrected chi connectivity index (χ3v) is 11.0. The quantitative estimate of drug-likeness (QED) is 0.161. The maximum Gasteiger partial charge on any atom is 0.417 e. The molecule has 1 unspecified atom stereocenters. The van der Waals surface area contributed by atoms with E-state index in [0.29, 0.717) is 15.9 Å². The second kappa shape index (κ2) is 15.7. The fraction of sp³-hybridized carbons (Fsp3) is 0.316. The molecule has 5 rings (SSSR count). The molecule has 12 heteroatoms. The van der Waals surface area contributed by atoms with E-state index in [9.17, 15) is 31.2 Å². The Morgan fingerprint density at radius 2 is 1.52 bits per heavy atom. The topological polar surface area (TPSA) is 86.8 Å². The standard InChI is InChI=1S/C38H39ClF3N3O4S/c1-26-15-18-32(19-16-26)50(48,49)45(31-17-20-34(39)33(23-31)38(40,41)42)25-36(46)44(24-29-12-8-9-27(2)21-29)35(22-28-10-4-3-5-11-28)37(47)43-30-13-6-7-14-30/h3-5,8-12,15-21,23,30,35H,6-7,13-14,22,24-25H2,1-2H3,(H,43,47). The van der Waals surface area contributed by atoms with E-state index in [2.05, 4.69) is 5.32 Å². The first-order valence-corrected chi connectivity index (χ1v) is 18.2. The van der Waals surface area contributed by atoms with Crippen molar-refractivity contribution in [3.05, 3.63) is 130 Å². The summed E-state index contributed by atoms with van der Waals surface area (Å²) in [5.41, 5.74) is 1.50. The van der Waals surface area contributed by atoms with Crippen LogP contribution in [-0.2, 0) is 38.8 Å². The van der Waals surface area contributed by atoms with Gasteiger partial charge in [-0.25, -0.2) is 8.42 Å². The molecule has 0 saturated heterocycles. The number of carbonyl (C=O) groups excluding carboxylic acids is 2. The molecule has 4 aromatic carbocycles. The summed E-state index contributed by atoms with van der Waals surface area (Å²) in [6, 6.07) is 23.9. The maximum absolute atomic E-state index is 14.7. The minimum atomic E-state index is -4.90. The van der Waals surface area contributed by atoms with Gasteiger partial charge in [-0.15, -0.1) is 0 Å². The van der Waals surface area contributed by atoms with Crippen molar-refractivity contribution < 1.29 is 31.2 Å². The number of rotatable bonds is 12. The maximum atomic E-state index is 14.7. The number of sulfonamides is 1. The van der Waals surface area contributed by atoms with Gasteiger partial charge in [0.05, 0.1) is 21.2 Å². The van der Waals surface area contributed by atoms with Gasteiger partial charge in [-0.2, -0.15) is 13.2 Å². The molecule has 0 aromatic heterocycles. The number of halogens is 4. The first-order chi connectivity index (χ1) is 23.7. The Morgan fingerprint density at radius 1 is 0.860 bits per heavy atom. The Hall–Kier alpha value is -4.35. The van der Waals surface area contributed by atoms with E-state index < -0.39 is 51.0 Å². The highest BCUT2D eigenvalue weighted by molar-refractivity contribution is 7.92. The molecule has 0 radical (unpaired) electrons. The predicted molar refractivity (Wildman–Crippen MR) is 188 cm³/mol. The van der Waals surface area contributed by atoms with Crippen molar-refractivity contribution in [3.63, 3.8) is 0 Å². The van der Waals surface area contributed by atoms with Crippen LogP contribution in [0.25, 0.3) is 0 Å². The second-order valence-corrected chi connectivity index (χ2v) is 15.0. The van der Waals surface area contributed by atoms with E-state index in [0.717, 1.165) is 54.5 Å². The highest BCUT2D eigenvalue weighted by Gasteiger charge is 2.38. The molecule has 2 amide bonds. The van der Waals surface area contributed by atoms with Crippen LogP contribution in [-0.4, -0.2) is 43.8 Å². The lowest BCUT2D eigenvalue weighted by atomic mass is 10.0. The molecule has 1 aliphatic carbocycles. The molecule has 1 atom stereocenters. The van der Waals surface area contributed by atoms with Crippen LogP contribution in [0.4, 0.5) is 18.9 Å². The van der Waals surface area contributed by atoms with Crippen LogP contribution in [0.2, 0.25) is 5.02 Å². The molecule has 1 saturated carbocycles. The van der Waals surface area contributed by atoms with Crippen molar-refractivity contribution >= 4 is 39.1 Å². The Labute approximate surface area is 296 Å². The minimum absolute atomic E-state index is 0.0526. The van der Waals surface area contributed by atoms with Gasteiger partial charge < -0.3 is 10.2 Å². The normalized spacial score (nSPS) is 14.3. The molecule has 264 valence electrons. The zero-order chi connectivity index (χ0) is 36.1. The Balaban J connectivity index is 1.61. The van der Waals surface area contributed by atoms with Gasteiger partial charge in [0.1, 0.15) is 12.6 Å². The van der Waals surface area contributed by atoms with Gasteiger partial charge in [0.15, 0.2) is 0 Å². The zero-order valence-corrected chi connectivity index (χ0v) is 29.4. The number of benzene rings is 4. The minimum Gasteiger partial charge on any atom is -0.352 e. The molecule has 1 N–H and O–H groups in total. The molecule has 0 aliphatic heterocycles. The summed E-state index contributed by atoms with van der Waals surface area (Å²) in [5, 5.41) is 2.49. The average Bonchev–Trinajstić information content (AvgIpc) is 3.58. The van der Waals surface area contributed by atoms with Crippen molar-refractivity contribution in [3.8, 4) is 0 Å². The van der Waals surface area contributed by atoms with Crippen molar-refractivity contribution in [1.29, 1.82) is 0 Å². The van der Waals surface area contributed by atoms with Gasteiger partial charge in [0, 0.05) is 19.0 Å². The number of carbonyl (C=O) groups is 2. The molecule has 4 aromatic rings. The van der Waals surface area contributed by atoms with E-state index in [1.165, 1.54) is 17.0 Å². The number of nitrogens with zero attached hydrogens (tertiary/aromatic N) is 2. The Bertz CT molecular complexity index is 1920. The van der Waals surface area contributed by atoms with Crippen LogP contribution < -0.4 is 9.62 Å². The van der Waals surface area contributed by atoms with E-state index in [1.807, 2.05) is 55.5 Å². The van der Waals surface area contributed by atoms with Gasteiger partial charge in [-0.3, -0.25) is 13.9 Å². The van der Waals surface area contributed by atoms with Gasteiger partial charge >= 0.3 is 6.18 Å². The lowest BCUT2D eigenvalue weighted by Gasteiger charge is -2.34. The Kier molecular flexibility index (Phi) is 11.6. The van der Waals surface area contributed by atoms with Crippen LogP contribution in [0.15, 0.2) is 102 Å². The van der Waals surface area contributed by atoms with Crippen molar-refractivity contribution in [2.45, 2.75) is 75.7 Å². The lowest BCUT2D eigenvalue weighted by molar-refractivity contribution is -0.140. The first-order valence-electron chi connectivity index (χ1n) is 16.4. The first kappa shape index (κ1) is 36.9. The van der Waals surface area contributed by atoms with E-state index in [4.69, 9.17) is 11.6 Å². The summed E-state index contributed by atoms with van der Waals surface area (Å²) in [6.07, 6.45) is -1.24. The number of alkyl halides is 3. The summed E-state index contributed by atoms with van der Waals surface area (Å²) in [7, 11) is -4.60. The zero-order valence-electron chi connectivity index (χ0n) is 27.8. The fourth-order valence-electron chi connectivity index (χ4n) is 6.18. The molecule has 1 aliphatic rings. The van der Waals surface area contributed by atoms with Crippen LogP contribution in [0.1, 0.15) is 53.5 Å². The summed E-state index contributed by atoms with van der Waals surface area (Å²) >= 11 is 5.91. The largest absolute Gasteiger partial charge is 0.417 e. The average molecular weight is 726 g/mol. The number of aryl methyl sites for hydroxylation is 2. The monoisotopic (exact) mass is 725 g/mol. The van der Waals surface area contributed by atoms with E-state index in [-0.39, 0.29) is 29.8 Å². The van der Waals surface area contributed by atoms with Gasteiger partial charge in [0.2, 0.25) is 11.8 Å². The number of anilines is 1. The van der Waals surface area contributed by atoms with Gasteiger partial charge in [-0.1, -0.05) is 102 Å². The fourth-order valence-corrected chi connectivity index (χ4v) is 7.81. The molecule has 1 fully saturated rings. The van der Waals surface area contributed by atoms with Crippen molar-refractivity contribution in [2.75, 3.05) is 10.8 Å². The van der Waals surface area contributed by atoms with Crippen LogP contribution in [0.5, 0.6) is 0 Å². The summed E-state index contributed by atoms with van der Waals surface area (Å²) in [5.74, 6) is -1.16. The van der Waals surface area contributed by atoms with Gasteiger partial charge in [0.25, 0.3) is 10.0 Å². The molecule has 0 bridgehead atoms. The highest BCUT2D eigenvalue weighted by Crippen LogP contribution is 2.38. The second-order valence-electron chi connectivity index (χ2n) is 12.7. The molecule has 50 heavy (non-hydrogen) atoms. The lowest BCUT2D eigenvalue weighted by Crippen LogP contribution is -2.54. The number of nitrogens with one attached hydrogen (secondary N) is 1. The highest BCUT2D eigenvalue weighted by atomic mass is 35.5. The van der Waals surface area contributed by atoms with E-state index in [1.54, 1.807) is 25.1 Å². The number of hydrogen-bond acceptors (Lipinski definition) is 4. The third-order valence-electron chi connectivity index (χ3n) is 8.84. The number of amides is 2. The molecule has 0 spiro atoms. The van der Waals surface area contributed by atoms with Crippen LogP contribution in [0, 0.1) is 13.8 Å². The molecule has 0 heterocycles.